The monoisotopic (exact) mass is 359 g/mol. The van der Waals surface area contributed by atoms with Gasteiger partial charge < -0.3 is 10.1 Å². The summed E-state index contributed by atoms with van der Waals surface area (Å²) in [6, 6.07) is 16.5. The highest BCUT2D eigenvalue weighted by Gasteiger charge is 2.38. The number of alkyl carbamates (subject to hydrolysis) is 1. The molecule has 1 N–H and O–H groups in total. The lowest BCUT2D eigenvalue weighted by Gasteiger charge is -2.16. The fourth-order valence-electron chi connectivity index (χ4n) is 2.81. The van der Waals surface area contributed by atoms with Gasteiger partial charge in [-0.1, -0.05) is 36.3 Å². The number of ether oxygens (including phenoxy) is 1. The highest BCUT2D eigenvalue weighted by atomic mass is 19.1. The molecule has 6 heteroatoms. The Labute approximate surface area is 155 Å². The van der Waals surface area contributed by atoms with Crippen molar-refractivity contribution in [3.8, 4) is 11.8 Å². The summed E-state index contributed by atoms with van der Waals surface area (Å²) in [5.74, 6) is 5.97. The van der Waals surface area contributed by atoms with E-state index in [-0.39, 0.29) is 0 Å². The predicted molar refractivity (Wildman–Crippen MR) is 96.0 cm³/mol. The molecule has 0 spiro atoms. The van der Waals surface area contributed by atoms with Gasteiger partial charge in [0.2, 0.25) is 0 Å². The minimum absolute atomic E-state index is 0.356. The molecule has 5 nitrogen and oxygen atoms in total. The first-order valence-corrected chi connectivity index (χ1v) is 8.32. The van der Waals surface area contributed by atoms with Gasteiger partial charge in [-0.2, -0.15) is 0 Å². The molecule has 27 heavy (non-hydrogen) atoms. The van der Waals surface area contributed by atoms with E-state index >= 15 is 0 Å². The third-order valence-corrected chi connectivity index (χ3v) is 4.05. The number of halogens is 1. The van der Waals surface area contributed by atoms with Crippen LogP contribution in [0, 0.1) is 17.7 Å². The van der Waals surface area contributed by atoms with E-state index < -0.39 is 24.1 Å². The van der Waals surface area contributed by atoms with Gasteiger partial charge in [0, 0.05) is 11.8 Å². The summed E-state index contributed by atoms with van der Waals surface area (Å²) in [7, 11) is 0. The van der Waals surface area contributed by atoms with E-state index in [1.165, 1.54) is 12.1 Å². The molecule has 132 valence electrons. The van der Waals surface area contributed by atoms with Gasteiger partial charge in [-0.15, -0.1) is 0 Å². The molecule has 0 aliphatic carbocycles. The van der Waals surface area contributed by atoms with E-state index in [4.69, 9.17) is 4.74 Å². The Morgan fingerprint density at radius 3 is 2.70 bits per heavy atom. The van der Waals surface area contributed by atoms with Crippen LogP contribution in [0.25, 0.3) is 0 Å². The summed E-state index contributed by atoms with van der Waals surface area (Å²) in [6.45, 7) is 0. The van der Waals surface area contributed by atoms with Crippen molar-refractivity contribution in [2.75, 3.05) is 0 Å². The molecule has 1 aliphatic heterocycles. The van der Waals surface area contributed by atoms with Gasteiger partial charge in [-0.05, 0) is 41.8 Å². The van der Waals surface area contributed by atoms with Gasteiger partial charge in [-0.25, -0.2) is 19.2 Å². The van der Waals surface area contributed by atoms with Crippen LogP contribution in [0.2, 0.25) is 0 Å². The first kappa shape index (κ1) is 16.7. The summed E-state index contributed by atoms with van der Waals surface area (Å²) in [5, 5.41) is 2.68. The number of cyclic esters (lactones) is 1. The molecule has 3 aromatic rings. The number of hydrogen-bond donors (Lipinski definition) is 1. The van der Waals surface area contributed by atoms with E-state index in [1.54, 1.807) is 24.4 Å². The van der Waals surface area contributed by atoms with E-state index in [9.17, 15) is 9.18 Å². The molecular formula is C21H14FN3O2. The van der Waals surface area contributed by atoms with Crippen LogP contribution in [0.15, 0.2) is 66.9 Å². The minimum atomic E-state index is -0.717. The highest BCUT2D eigenvalue weighted by molar-refractivity contribution is 5.70. The maximum atomic E-state index is 13.6. The number of aromatic nitrogens is 2. The molecule has 2 atom stereocenters. The van der Waals surface area contributed by atoms with Crippen molar-refractivity contribution < 1.29 is 13.9 Å². The number of nitrogens with zero attached hydrogens (tertiary/aromatic N) is 2. The largest absolute Gasteiger partial charge is 0.439 e. The van der Waals surface area contributed by atoms with E-state index in [0.29, 0.717) is 17.1 Å². The molecule has 1 aliphatic rings. The highest BCUT2D eigenvalue weighted by Crippen LogP contribution is 2.35. The Morgan fingerprint density at radius 2 is 1.89 bits per heavy atom. The quantitative estimate of drug-likeness (QED) is 0.711. The Morgan fingerprint density at radius 1 is 1.04 bits per heavy atom. The Balaban J connectivity index is 1.64. The van der Waals surface area contributed by atoms with Crippen LogP contribution >= 0.6 is 0 Å². The van der Waals surface area contributed by atoms with Crippen LogP contribution in [0.3, 0.4) is 0 Å². The first-order chi connectivity index (χ1) is 13.2. The molecule has 2 heterocycles. The molecule has 4 rings (SSSR count). The van der Waals surface area contributed by atoms with Crippen LogP contribution in [0.5, 0.6) is 0 Å². The zero-order valence-electron chi connectivity index (χ0n) is 14.1. The van der Waals surface area contributed by atoms with E-state index in [0.717, 1.165) is 5.56 Å². The zero-order chi connectivity index (χ0) is 18.6. The normalized spacial score (nSPS) is 18.2. The van der Waals surface area contributed by atoms with Crippen molar-refractivity contribution in [2.45, 2.75) is 12.1 Å². The molecule has 1 fully saturated rings. The summed E-state index contributed by atoms with van der Waals surface area (Å²) < 4.78 is 18.9. The van der Waals surface area contributed by atoms with Gasteiger partial charge in [0.05, 0.1) is 0 Å². The summed E-state index contributed by atoms with van der Waals surface area (Å²) in [6.07, 6.45) is 0.258. The zero-order valence-corrected chi connectivity index (χ0v) is 14.1. The fraction of sp³-hybridized carbons (Fsp3) is 0.0952. The lowest BCUT2D eigenvalue weighted by Crippen LogP contribution is -2.22. The average molecular weight is 359 g/mol. The lowest BCUT2D eigenvalue weighted by atomic mass is 10.0. The van der Waals surface area contributed by atoms with Crippen LogP contribution in [0.1, 0.15) is 34.8 Å². The summed E-state index contributed by atoms with van der Waals surface area (Å²) in [5.41, 5.74) is 1.92. The molecule has 0 radical (unpaired) electrons. The van der Waals surface area contributed by atoms with Crippen molar-refractivity contribution >= 4 is 6.09 Å². The van der Waals surface area contributed by atoms with Crippen LogP contribution < -0.4 is 5.32 Å². The average Bonchev–Trinajstić information content (AvgIpc) is 3.09. The number of nitrogens with one attached hydrogen (secondary N) is 1. The van der Waals surface area contributed by atoms with Crippen molar-refractivity contribution in [2.24, 2.45) is 0 Å². The van der Waals surface area contributed by atoms with Crippen LogP contribution in [-0.2, 0) is 4.74 Å². The maximum Gasteiger partial charge on any atom is 0.408 e. The Bertz CT molecular complexity index is 1040. The fourth-order valence-corrected chi connectivity index (χ4v) is 2.81. The van der Waals surface area contributed by atoms with E-state index in [1.807, 2.05) is 30.3 Å². The van der Waals surface area contributed by atoms with Crippen molar-refractivity contribution in [3.63, 3.8) is 0 Å². The van der Waals surface area contributed by atoms with Crippen molar-refractivity contribution in [1.82, 2.24) is 15.3 Å². The number of amides is 1. The second kappa shape index (κ2) is 7.26. The van der Waals surface area contributed by atoms with Gasteiger partial charge in [0.15, 0.2) is 11.9 Å². The Kier molecular flexibility index (Phi) is 4.50. The number of benzene rings is 2. The molecule has 0 bridgehead atoms. The number of rotatable bonds is 2. The molecule has 1 saturated heterocycles. The third-order valence-electron chi connectivity index (χ3n) is 4.05. The smallest absolute Gasteiger partial charge is 0.408 e. The van der Waals surface area contributed by atoms with Gasteiger partial charge in [-0.3, -0.25) is 0 Å². The number of hydrogen-bond acceptors (Lipinski definition) is 4. The van der Waals surface area contributed by atoms with Gasteiger partial charge in [0.1, 0.15) is 17.6 Å². The molecule has 1 aromatic heterocycles. The van der Waals surface area contributed by atoms with Gasteiger partial charge >= 0.3 is 6.09 Å². The maximum absolute atomic E-state index is 13.6. The van der Waals surface area contributed by atoms with Crippen molar-refractivity contribution in [3.05, 3.63) is 95.3 Å². The first-order valence-electron chi connectivity index (χ1n) is 8.32. The third kappa shape index (κ3) is 3.77. The molecule has 0 unspecified atom stereocenters. The predicted octanol–water partition coefficient (Wildman–Crippen LogP) is 3.54. The van der Waals surface area contributed by atoms with Crippen LogP contribution in [-0.4, -0.2) is 16.1 Å². The minimum Gasteiger partial charge on any atom is -0.439 e. The second-order valence-electron chi connectivity index (χ2n) is 5.92. The Hall–Kier alpha value is -3.72. The molecular weight excluding hydrogens is 345 g/mol. The topological polar surface area (TPSA) is 64.1 Å². The second-order valence-corrected chi connectivity index (χ2v) is 5.92. The SMILES string of the molecule is O=C1N[C@H](c2nccc(C#Cc3ccccc3)n2)[C@@H](c2cccc(F)c2)O1. The number of carbonyl (C=O) groups excluding carboxylic acids is 1. The van der Waals surface area contributed by atoms with Crippen molar-refractivity contribution in [1.29, 1.82) is 0 Å². The van der Waals surface area contributed by atoms with Crippen LogP contribution in [0.4, 0.5) is 9.18 Å². The van der Waals surface area contributed by atoms with E-state index in [2.05, 4.69) is 27.1 Å². The van der Waals surface area contributed by atoms with Gasteiger partial charge in [0.25, 0.3) is 0 Å². The molecule has 2 aromatic carbocycles. The molecule has 0 saturated carbocycles. The summed E-state index contributed by atoms with van der Waals surface area (Å²) >= 11 is 0. The summed E-state index contributed by atoms with van der Waals surface area (Å²) in [4.78, 5) is 20.5. The standard InChI is InChI=1S/C21H14FN3O2/c22-16-8-4-7-15(13-16)19-18(25-21(26)27-19)20-23-12-11-17(24-20)10-9-14-5-2-1-3-6-14/h1-8,11-13,18-19H,(H,25,26)/t18-,19+/m0/s1. The molecule has 1 amide bonds. The number of carbonyl (C=O) groups is 1. The lowest BCUT2D eigenvalue weighted by molar-refractivity contribution is 0.131.